The Morgan fingerprint density at radius 3 is 2.62 bits per heavy atom. The molecule has 0 aliphatic carbocycles. The van der Waals surface area contributed by atoms with E-state index >= 15 is 0 Å². The van der Waals surface area contributed by atoms with Gasteiger partial charge in [-0.15, -0.1) is 11.8 Å². The molecule has 0 aromatic carbocycles. The molecule has 1 atom stereocenters. The number of urea groups is 1. The van der Waals surface area contributed by atoms with Gasteiger partial charge in [0.1, 0.15) is 5.82 Å². The number of carbonyl (C=O) groups excluding carboxylic acids is 1. The fraction of sp³-hybridized carbons (Fsp3) is 0.462. The van der Waals surface area contributed by atoms with Gasteiger partial charge in [-0.3, -0.25) is 5.32 Å². The number of nitrogens with zero attached hydrogens (tertiary/aromatic N) is 3. The molecule has 1 aliphatic rings. The smallest absolute Gasteiger partial charge is 0.335 e. The van der Waals surface area contributed by atoms with E-state index in [4.69, 9.17) is 4.74 Å². The third-order valence-electron chi connectivity index (χ3n) is 3.36. The van der Waals surface area contributed by atoms with Gasteiger partial charge < -0.3 is 9.64 Å². The van der Waals surface area contributed by atoms with E-state index in [2.05, 4.69) is 15.3 Å². The number of anilines is 2. The number of alkyl halides is 2. The first kappa shape index (κ1) is 20.2. The Morgan fingerprint density at radius 2 is 2.12 bits per heavy atom. The van der Waals surface area contributed by atoms with Gasteiger partial charge in [0.15, 0.2) is 0 Å². The van der Waals surface area contributed by atoms with Crippen LogP contribution in [0.25, 0.3) is 0 Å². The van der Waals surface area contributed by atoms with E-state index in [1.54, 1.807) is 23.7 Å². The van der Waals surface area contributed by atoms with Gasteiger partial charge in [0.25, 0.3) is 16.4 Å². The quantitative estimate of drug-likeness (QED) is 0.729. The molecular formula is C13H17F2N5O4S2. The zero-order valence-electron chi connectivity index (χ0n) is 14.1. The number of sulfonamides is 1. The molecule has 26 heavy (non-hydrogen) atoms. The van der Waals surface area contributed by atoms with Crippen molar-refractivity contribution in [3.63, 3.8) is 0 Å². The van der Waals surface area contributed by atoms with Crippen LogP contribution in [0, 0.1) is 0 Å². The summed E-state index contributed by atoms with van der Waals surface area (Å²) in [5.41, 5.74) is 0. The zero-order chi connectivity index (χ0) is 19.5. The number of hydrogen-bond donors (Lipinski definition) is 2. The maximum atomic E-state index is 13.4. The second-order valence-electron chi connectivity index (χ2n) is 5.35. The van der Waals surface area contributed by atoms with E-state index < -0.39 is 33.0 Å². The summed E-state index contributed by atoms with van der Waals surface area (Å²) < 4.78 is 55.4. The molecule has 1 aromatic heterocycles. The van der Waals surface area contributed by atoms with Crippen LogP contribution in [0.3, 0.4) is 0 Å². The van der Waals surface area contributed by atoms with Gasteiger partial charge in [-0.05, 0) is 5.41 Å². The first-order valence-corrected chi connectivity index (χ1v) is 9.52. The molecule has 2 rings (SSSR count). The highest BCUT2D eigenvalue weighted by molar-refractivity contribution is 8.16. The van der Waals surface area contributed by atoms with Crippen molar-refractivity contribution in [2.75, 3.05) is 31.4 Å². The Hall–Kier alpha value is -2.15. The SMILES string of the molecule is COc1cc(N(C)C)nc(NC(=O)NS(=O)(=O)C2(C(F)F)CC=CS2)n1. The summed E-state index contributed by atoms with van der Waals surface area (Å²) in [5.74, 6) is 0.264. The molecule has 2 amide bonds. The Bertz CT molecular complexity index is 809. The van der Waals surface area contributed by atoms with Gasteiger partial charge in [-0.25, -0.2) is 26.7 Å². The molecule has 0 fully saturated rings. The highest BCUT2D eigenvalue weighted by Gasteiger charge is 2.54. The fourth-order valence-electron chi connectivity index (χ4n) is 1.99. The number of methoxy groups -OCH3 is 1. The van der Waals surface area contributed by atoms with Crippen LogP contribution in [0.2, 0.25) is 0 Å². The molecule has 144 valence electrons. The number of ether oxygens (including phenoxy) is 1. The number of thioether (sulfide) groups is 1. The third-order valence-corrected chi connectivity index (χ3v) is 7.09. The van der Waals surface area contributed by atoms with E-state index in [-0.39, 0.29) is 11.8 Å². The van der Waals surface area contributed by atoms with Crippen LogP contribution in [0.5, 0.6) is 5.88 Å². The van der Waals surface area contributed by atoms with Crippen molar-refractivity contribution in [3.8, 4) is 5.88 Å². The molecular weight excluding hydrogens is 392 g/mol. The topological polar surface area (TPSA) is 114 Å². The van der Waals surface area contributed by atoms with Gasteiger partial charge in [0.05, 0.1) is 7.11 Å². The lowest BCUT2D eigenvalue weighted by Crippen LogP contribution is -2.50. The predicted molar refractivity (Wildman–Crippen MR) is 94.1 cm³/mol. The van der Waals surface area contributed by atoms with E-state index in [0.29, 0.717) is 17.6 Å². The van der Waals surface area contributed by atoms with Crippen molar-refractivity contribution in [1.82, 2.24) is 14.7 Å². The lowest BCUT2D eigenvalue weighted by atomic mass is 10.3. The Labute approximate surface area is 153 Å². The monoisotopic (exact) mass is 409 g/mol. The molecule has 0 spiro atoms. The number of allylic oxidation sites excluding steroid dienone is 1. The minimum atomic E-state index is -4.69. The number of aromatic nitrogens is 2. The molecule has 0 saturated heterocycles. The van der Waals surface area contributed by atoms with Crippen molar-refractivity contribution in [2.24, 2.45) is 0 Å². The van der Waals surface area contributed by atoms with Crippen LogP contribution >= 0.6 is 11.8 Å². The first-order chi connectivity index (χ1) is 12.1. The average Bonchev–Trinajstić information content (AvgIpc) is 3.05. The Balaban J connectivity index is 2.19. The minimum absolute atomic E-state index is 0.126. The summed E-state index contributed by atoms with van der Waals surface area (Å²) in [5, 5.41) is 3.38. The predicted octanol–water partition coefficient (Wildman–Crippen LogP) is 1.61. The molecule has 0 radical (unpaired) electrons. The molecule has 2 N–H and O–H groups in total. The van der Waals surface area contributed by atoms with Crippen molar-refractivity contribution < 1.29 is 26.7 Å². The summed E-state index contributed by atoms with van der Waals surface area (Å²) >= 11 is 0.447. The summed E-state index contributed by atoms with van der Waals surface area (Å²) in [6.07, 6.45) is -2.30. The zero-order valence-corrected chi connectivity index (χ0v) is 15.7. The summed E-state index contributed by atoms with van der Waals surface area (Å²) in [6, 6.07) is 0.238. The highest BCUT2D eigenvalue weighted by Crippen LogP contribution is 2.45. The summed E-state index contributed by atoms with van der Waals surface area (Å²) in [7, 11) is 0.0374. The lowest BCUT2D eigenvalue weighted by molar-refractivity contribution is 0.130. The van der Waals surface area contributed by atoms with Crippen LogP contribution in [-0.2, 0) is 10.0 Å². The van der Waals surface area contributed by atoms with Crippen LogP contribution in [-0.4, -0.2) is 56.1 Å². The molecule has 1 aromatic rings. The van der Waals surface area contributed by atoms with E-state index in [1.807, 2.05) is 0 Å². The van der Waals surface area contributed by atoms with Crippen LogP contribution < -0.4 is 19.7 Å². The van der Waals surface area contributed by atoms with Gasteiger partial charge in [0, 0.05) is 26.6 Å². The molecule has 9 nitrogen and oxygen atoms in total. The number of hydrogen-bond acceptors (Lipinski definition) is 8. The largest absolute Gasteiger partial charge is 0.481 e. The Morgan fingerprint density at radius 1 is 1.42 bits per heavy atom. The van der Waals surface area contributed by atoms with Crippen LogP contribution in [0.4, 0.5) is 25.3 Å². The minimum Gasteiger partial charge on any atom is -0.481 e. The van der Waals surface area contributed by atoms with Gasteiger partial charge >= 0.3 is 6.03 Å². The second-order valence-corrected chi connectivity index (χ2v) is 8.79. The number of carbonyl (C=O) groups is 1. The van der Waals surface area contributed by atoms with Gasteiger partial charge in [-0.2, -0.15) is 9.97 Å². The number of rotatable bonds is 6. The second kappa shape index (κ2) is 7.61. The maximum Gasteiger partial charge on any atom is 0.335 e. The fourth-order valence-corrected chi connectivity index (χ4v) is 4.53. The van der Waals surface area contributed by atoms with E-state index in [0.717, 1.165) is 0 Å². The first-order valence-electron chi connectivity index (χ1n) is 7.16. The Kier molecular flexibility index (Phi) is 5.91. The number of halogens is 2. The van der Waals surface area contributed by atoms with Crippen LogP contribution in [0.1, 0.15) is 6.42 Å². The molecule has 13 heteroatoms. The maximum absolute atomic E-state index is 13.4. The third kappa shape index (κ3) is 3.98. The average molecular weight is 409 g/mol. The van der Waals surface area contributed by atoms with E-state index in [9.17, 15) is 22.0 Å². The summed E-state index contributed by atoms with van der Waals surface area (Å²) in [6.45, 7) is 0. The normalized spacial score (nSPS) is 19.5. The van der Waals surface area contributed by atoms with Crippen molar-refractivity contribution >= 4 is 39.6 Å². The lowest BCUT2D eigenvalue weighted by Gasteiger charge is -2.26. The number of amides is 2. The van der Waals surface area contributed by atoms with Crippen molar-refractivity contribution in [1.29, 1.82) is 0 Å². The molecule has 2 heterocycles. The van der Waals surface area contributed by atoms with Gasteiger partial charge in [-0.1, -0.05) is 6.08 Å². The highest BCUT2D eigenvalue weighted by atomic mass is 32.3. The summed E-state index contributed by atoms with van der Waals surface area (Å²) in [4.78, 5) is 21.5. The molecule has 1 unspecified atom stereocenters. The molecule has 0 bridgehead atoms. The van der Waals surface area contributed by atoms with Gasteiger partial charge in [0.2, 0.25) is 15.9 Å². The van der Waals surface area contributed by atoms with Crippen LogP contribution in [0.15, 0.2) is 17.6 Å². The standard InChI is InChI=1S/C13H17F2N5O4S2/c1-20(2)8-7-9(24-3)17-11(16-8)18-12(21)19-26(22,23)13(10(14)15)5-4-6-25-13/h4,6-7,10H,5H2,1-3H3,(H2,16,17,18,19,21). The molecule has 1 aliphatic heterocycles. The molecule has 0 saturated carbocycles. The number of nitrogens with one attached hydrogen (secondary N) is 2. The van der Waals surface area contributed by atoms with Crippen molar-refractivity contribution in [3.05, 3.63) is 17.6 Å². The van der Waals surface area contributed by atoms with Crippen molar-refractivity contribution in [2.45, 2.75) is 16.9 Å². The van der Waals surface area contributed by atoms with E-state index in [1.165, 1.54) is 24.7 Å².